The van der Waals surface area contributed by atoms with Crippen molar-refractivity contribution in [1.29, 1.82) is 0 Å². The number of alkyl halides is 3. The van der Waals surface area contributed by atoms with E-state index >= 15 is 0 Å². The molecule has 0 fully saturated rings. The minimum atomic E-state index is -4.80. The van der Waals surface area contributed by atoms with Crippen LogP contribution in [-0.4, -0.2) is 11.8 Å². The van der Waals surface area contributed by atoms with Gasteiger partial charge in [-0.15, -0.1) is 0 Å². The van der Waals surface area contributed by atoms with Crippen molar-refractivity contribution >= 4 is 34.0 Å². The molecule has 8 heteroatoms. The van der Waals surface area contributed by atoms with Gasteiger partial charge in [0.2, 0.25) is 5.91 Å². The van der Waals surface area contributed by atoms with Gasteiger partial charge in [0.05, 0.1) is 23.2 Å². The van der Waals surface area contributed by atoms with Gasteiger partial charge in [-0.1, -0.05) is 54.6 Å². The topological polar surface area (TPSA) is 58.2 Å². The third-order valence-electron chi connectivity index (χ3n) is 5.15. The smallest absolute Gasteiger partial charge is 0.325 e. The molecule has 0 aliphatic carbocycles. The lowest BCUT2D eigenvalue weighted by molar-refractivity contribution is -0.136. The Balaban J connectivity index is 1.53. The molecule has 4 aromatic rings. The second-order valence-electron chi connectivity index (χ2n) is 7.60. The zero-order chi connectivity index (χ0) is 24.3. The van der Waals surface area contributed by atoms with E-state index < -0.39 is 35.1 Å². The normalized spacial score (nSPS) is 11.3. The minimum absolute atomic E-state index is 0.117. The SMILES string of the molecule is O=C(Cc1ccc2ccccc2c1)Nc1ccc(NC(=O)c2ccccc2F)cc1C(F)(F)F. The Bertz CT molecular complexity index is 1380. The Labute approximate surface area is 192 Å². The number of amides is 2. The lowest BCUT2D eigenvalue weighted by atomic mass is 10.0. The zero-order valence-electron chi connectivity index (χ0n) is 17.6. The van der Waals surface area contributed by atoms with Gasteiger partial charge in [0.1, 0.15) is 5.82 Å². The van der Waals surface area contributed by atoms with E-state index in [9.17, 15) is 27.2 Å². The maximum Gasteiger partial charge on any atom is 0.418 e. The summed E-state index contributed by atoms with van der Waals surface area (Å²) in [6.45, 7) is 0. The standard InChI is InChI=1S/C26H18F4N2O2/c27-22-8-4-3-7-20(22)25(34)31-19-11-12-23(21(15-19)26(28,29)30)32-24(33)14-16-9-10-17-5-1-2-6-18(17)13-16/h1-13,15H,14H2,(H,31,34)(H,32,33). The van der Waals surface area contributed by atoms with E-state index in [-0.39, 0.29) is 17.7 Å². The number of carbonyl (C=O) groups is 2. The number of hydrogen-bond acceptors (Lipinski definition) is 2. The highest BCUT2D eigenvalue weighted by molar-refractivity contribution is 6.04. The summed E-state index contributed by atoms with van der Waals surface area (Å²) in [6, 6.07) is 21.0. The molecule has 34 heavy (non-hydrogen) atoms. The van der Waals surface area contributed by atoms with E-state index in [4.69, 9.17) is 0 Å². The molecule has 0 spiro atoms. The maximum atomic E-state index is 13.8. The first-order valence-corrected chi connectivity index (χ1v) is 10.3. The van der Waals surface area contributed by atoms with Crippen LogP contribution in [0.2, 0.25) is 0 Å². The van der Waals surface area contributed by atoms with Gasteiger partial charge in [0.25, 0.3) is 5.91 Å². The molecular weight excluding hydrogens is 448 g/mol. The zero-order valence-corrected chi connectivity index (χ0v) is 17.6. The summed E-state index contributed by atoms with van der Waals surface area (Å²) in [7, 11) is 0. The molecule has 4 rings (SSSR count). The minimum Gasteiger partial charge on any atom is -0.325 e. The molecule has 0 bridgehead atoms. The summed E-state index contributed by atoms with van der Waals surface area (Å²) >= 11 is 0. The molecule has 0 radical (unpaired) electrons. The number of nitrogens with one attached hydrogen (secondary N) is 2. The van der Waals surface area contributed by atoms with Gasteiger partial charge in [-0.25, -0.2) is 4.39 Å². The van der Waals surface area contributed by atoms with E-state index in [1.807, 2.05) is 30.3 Å². The van der Waals surface area contributed by atoms with Gasteiger partial charge >= 0.3 is 6.18 Å². The quantitative estimate of drug-likeness (QED) is 0.333. The molecule has 0 aliphatic rings. The van der Waals surface area contributed by atoms with E-state index in [0.29, 0.717) is 11.6 Å². The van der Waals surface area contributed by atoms with Crippen LogP contribution in [0.5, 0.6) is 0 Å². The summed E-state index contributed by atoms with van der Waals surface area (Å²) in [4.78, 5) is 24.7. The number of rotatable bonds is 5. The van der Waals surface area contributed by atoms with Crippen molar-refractivity contribution in [1.82, 2.24) is 0 Å². The van der Waals surface area contributed by atoms with Crippen LogP contribution in [0.4, 0.5) is 28.9 Å². The summed E-state index contributed by atoms with van der Waals surface area (Å²) in [6.07, 6.45) is -4.92. The van der Waals surface area contributed by atoms with Crippen LogP contribution in [0.25, 0.3) is 10.8 Å². The molecule has 0 aliphatic heterocycles. The van der Waals surface area contributed by atoms with Crippen LogP contribution >= 0.6 is 0 Å². The summed E-state index contributed by atoms with van der Waals surface area (Å²) < 4.78 is 54.8. The van der Waals surface area contributed by atoms with Gasteiger partial charge in [-0.2, -0.15) is 13.2 Å². The van der Waals surface area contributed by atoms with Crippen LogP contribution < -0.4 is 10.6 Å². The van der Waals surface area contributed by atoms with Gasteiger partial charge < -0.3 is 10.6 Å². The van der Waals surface area contributed by atoms with Crippen LogP contribution in [0.15, 0.2) is 84.9 Å². The maximum absolute atomic E-state index is 13.8. The van der Waals surface area contributed by atoms with Gasteiger partial charge in [-0.05, 0) is 46.7 Å². The van der Waals surface area contributed by atoms with E-state index in [1.165, 1.54) is 24.3 Å². The molecule has 0 saturated carbocycles. The predicted molar refractivity (Wildman–Crippen MR) is 122 cm³/mol. The molecule has 0 atom stereocenters. The molecule has 0 saturated heterocycles. The third-order valence-corrected chi connectivity index (χ3v) is 5.15. The number of hydrogen-bond donors (Lipinski definition) is 2. The molecular formula is C26H18F4N2O2. The van der Waals surface area contributed by atoms with E-state index in [0.717, 1.165) is 22.9 Å². The van der Waals surface area contributed by atoms with Gasteiger partial charge in [0, 0.05) is 5.69 Å². The molecule has 2 amide bonds. The first-order valence-electron chi connectivity index (χ1n) is 10.3. The van der Waals surface area contributed by atoms with Crippen molar-refractivity contribution in [3.05, 3.63) is 107 Å². The van der Waals surface area contributed by atoms with Crippen LogP contribution in [0.1, 0.15) is 21.5 Å². The average Bonchev–Trinajstić information content (AvgIpc) is 2.79. The monoisotopic (exact) mass is 466 g/mol. The fraction of sp³-hybridized carbons (Fsp3) is 0.0769. The number of halogens is 4. The molecule has 2 N–H and O–H groups in total. The Kier molecular flexibility index (Phi) is 6.32. The first kappa shape index (κ1) is 23.0. The molecule has 172 valence electrons. The highest BCUT2D eigenvalue weighted by Gasteiger charge is 2.34. The fourth-order valence-corrected chi connectivity index (χ4v) is 3.54. The predicted octanol–water partition coefficient (Wildman–Crippen LogP) is 6.43. The second-order valence-corrected chi connectivity index (χ2v) is 7.60. The third kappa shape index (κ3) is 5.23. The average molecular weight is 466 g/mol. The Hall–Kier alpha value is -4.20. The fourth-order valence-electron chi connectivity index (χ4n) is 3.54. The van der Waals surface area contributed by atoms with Gasteiger partial charge in [0.15, 0.2) is 0 Å². The van der Waals surface area contributed by atoms with Crippen molar-refractivity contribution in [2.75, 3.05) is 10.6 Å². The molecule has 0 aromatic heterocycles. The van der Waals surface area contributed by atoms with Gasteiger partial charge in [-0.3, -0.25) is 9.59 Å². The largest absolute Gasteiger partial charge is 0.418 e. The van der Waals surface area contributed by atoms with E-state index in [1.54, 1.807) is 12.1 Å². The number of benzene rings is 4. The first-order chi connectivity index (χ1) is 16.2. The highest BCUT2D eigenvalue weighted by Crippen LogP contribution is 2.37. The van der Waals surface area contributed by atoms with Crippen LogP contribution in [0, 0.1) is 5.82 Å². The Morgan fingerprint density at radius 3 is 2.21 bits per heavy atom. The van der Waals surface area contributed by atoms with E-state index in [2.05, 4.69) is 10.6 Å². The number of carbonyl (C=O) groups excluding carboxylic acids is 2. The number of fused-ring (bicyclic) bond motifs is 1. The molecule has 4 nitrogen and oxygen atoms in total. The summed E-state index contributed by atoms with van der Waals surface area (Å²) in [5.41, 5.74) is -1.41. The summed E-state index contributed by atoms with van der Waals surface area (Å²) in [5, 5.41) is 6.46. The van der Waals surface area contributed by atoms with Crippen molar-refractivity contribution in [3.8, 4) is 0 Å². The van der Waals surface area contributed by atoms with Crippen molar-refractivity contribution in [3.63, 3.8) is 0 Å². The molecule has 0 heterocycles. The second kappa shape index (κ2) is 9.35. The summed E-state index contributed by atoms with van der Waals surface area (Å²) in [5.74, 6) is -2.31. The van der Waals surface area contributed by atoms with Crippen molar-refractivity contribution < 1.29 is 27.2 Å². The van der Waals surface area contributed by atoms with Crippen molar-refractivity contribution in [2.45, 2.75) is 12.6 Å². The molecule has 4 aromatic carbocycles. The highest BCUT2D eigenvalue weighted by atomic mass is 19.4. The van der Waals surface area contributed by atoms with Crippen LogP contribution in [-0.2, 0) is 17.4 Å². The van der Waals surface area contributed by atoms with Crippen LogP contribution in [0.3, 0.4) is 0 Å². The Morgan fingerprint density at radius 2 is 1.47 bits per heavy atom. The Morgan fingerprint density at radius 1 is 0.765 bits per heavy atom. The lowest BCUT2D eigenvalue weighted by Crippen LogP contribution is -2.19. The molecule has 0 unspecified atom stereocenters. The lowest BCUT2D eigenvalue weighted by Gasteiger charge is -2.16. The van der Waals surface area contributed by atoms with Crippen molar-refractivity contribution in [2.24, 2.45) is 0 Å². The number of anilines is 2.